The predicted octanol–water partition coefficient (Wildman–Crippen LogP) is 4.57. The van der Waals surface area contributed by atoms with Crippen LogP contribution < -0.4 is 11.1 Å². The minimum absolute atomic E-state index is 0.00298. The Morgan fingerprint density at radius 1 is 1.08 bits per heavy atom. The Morgan fingerprint density at radius 3 is 2.54 bits per heavy atom. The first-order valence-electron chi connectivity index (χ1n) is 7.46. The van der Waals surface area contributed by atoms with Crippen LogP contribution in [0.3, 0.4) is 0 Å². The van der Waals surface area contributed by atoms with Crippen molar-refractivity contribution in [2.24, 2.45) is 0 Å². The average Bonchev–Trinajstić information content (AvgIpc) is 2.61. The summed E-state index contributed by atoms with van der Waals surface area (Å²) in [6.45, 7) is 0. The van der Waals surface area contributed by atoms with Crippen molar-refractivity contribution in [3.63, 3.8) is 0 Å². The molecule has 0 saturated heterocycles. The number of hydrogen-bond donors (Lipinski definition) is 2. The number of benzene rings is 2. The number of nitrogens with two attached hydrogens (primary N) is 1. The minimum atomic E-state index is -0.00298. The molecule has 2 aromatic carbocycles. The molecule has 0 radical (unpaired) electrons. The van der Waals surface area contributed by atoms with E-state index in [1.165, 1.54) is 0 Å². The van der Waals surface area contributed by atoms with Crippen LogP contribution in [0, 0.1) is 11.3 Å². The highest BCUT2D eigenvalue weighted by molar-refractivity contribution is 6.35. The molecule has 0 aliphatic heterocycles. The van der Waals surface area contributed by atoms with E-state index in [1.54, 1.807) is 24.3 Å². The molecule has 3 N–H and O–H groups in total. The Labute approximate surface area is 159 Å². The van der Waals surface area contributed by atoms with Gasteiger partial charge in [0.2, 0.25) is 11.9 Å². The highest BCUT2D eigenvalue weighted by atomic mass is 35.5. The van der Waals surface area contributed by atoms with Crippen LogP contribution >= 0.6 is 23.2 Å². The van der Waals surface area contributed by atoms with Crippen molar-refractivity contribution in [3.8, 4) is 6.07 Å². The van der Waals surface area contributed by atoms with Crippen LogP contribution in [0.15, 0.2) is 48.5 Å². The molecule has 0 bridgehead atoms. The van der Waals surface area contributed by atoms with E-state index in [0.29, 0.717) is 15.6 Å². The molecule has 0 fully saturated rings. The first-order valence-corrected chi connectivity index (χ1v) is 8.21. The minimum Gasteiger partial charge on any atom is -0.368 e. The molecule has 0 spiro atoms. The number of rotatable bonds is 4. The molecule has 8 heteroatoms. The van der Waals surface area contributed by atoms with Gasteiger partial charge < -0.3 is 11.1 Å². The number of nitrogens with zero attached hydrogens (tertiary/aromatic N) is 4. The van der Waals surface area contributed by atoms with Gasteiger partial charge in [-0.1, -0.05) is 47.5 Å². The Morgan fingerprint density at radius 2 is 1.85 bits per heavy atom. The number of hydrogen-bond acceptors (Lipinski definition) is 6. The van der Waals surface area contributed by atoms with Gasteiger partial charge in [0.1, 0.15) is 6.07 Å². The molecule has 3 rings (SSSR count). The molecule has 1 aromatic heterocycles. The average molecular weight is 383 g/mol. The number of aromatic nitrogens is 3. The number of halogens is 2. The molecule has 128 valence electrons. The van der Waals surface area contributed by atoms with Crippen LogP contribution in [0.2, 0.25) is 10.0 Å². The van der Waals surface area contributed by atoms with Crippen molar-refractivity contribution < 1.29 is 0 Å². The van der Waals surface area contributed by atoms with Crippen molar-refractivity contribution in [1.29, 1.82) is 5.26 Å². The monoisotopic (exact) mass is 382 g/mol. The molecule has 0 unspecified atom stereocenters. The van der Waals surface area contributed by atoms with Crippen LogP contribution in [0.4, 0.5) is 17.6 Å². The third-order valence-corrected chi connectivity index (χ3v) is 3.87. The Balaban J connectivity index is 1.98. The smallest absolute Gasteiger partial charge is 0.232 e. The van der Waals surface area contributed by atoms with Gasteiger partial charge in [0.15, 0.2) is 5.82 Å². The number of para-hydroxylation sites is 1. The van der Waals surface area contributed by atoms with Crippen LogP contribution in [0.1, 0.15) is 11.4 Å². The van der Waals surface area contributed by atoms with Gasteiger partial charge in [-0.25, -0.2) is 0 Å². The van der Waals surface area contributed by atoms with Gasteiger partial charge in [-0.05, 0) is 35.9 Å². The molecule has 0 aliphatic rings. The molecule has 0 amide bonds. The molecular formula is C18H12Cl2N6. The lowest BCUT2D eigenvalue weighted by Gasteiger charge is -2.07. The zero-order valence-corrected chi connectivity index (χ0v) is 14.8. The van der Waals surface area contributed by atoms with Crippen LogP contribution in [-0.2, 0) is 0 Å². The third-order valence-electron chi connectivity index (χ3n) is 3.31. The number of anilines is 3. The first kappa shape index (κ1) is 17.7. The summed E-state index contributed by atoms with van der Waals surface area (Å²) in [7, 11) is 0. The summed E-state index contributed by atoms with van der Waals surface area (Å²) < 4.78 is 0. The normalized spacial score (nSPS) is 11.0. The third kappa shape index (κ3) is 4.28. The molecule has 0 saturated carbocycles. The molecule has 1 heterocycles. The molecular weight excluding hydrogens is 371 g/mol. The fourth-order valence-corrected chi connectivity index (χ4v) is 2.60. The molecule has 0 atom stereocenters. The zero-order chi connectivity index (χ0) is 18.5. The van der Waals surface area contributed by atoms with Crippen molar-refractivity contribution in [2.75, 3.05) is 11.1 Å². The number of allylic oxidation sites excluding steroid dienone is 1. The summed E-state index contributed by atoms with van der Waals surface area (Å²) in [6.07, 6.45) is 1.57. The Bertz CT molecular complexity index is 1010. The quantitative estimate of drug-likeness (QED) is 0.640. The summed E-state index contributed by atoms with van der Waals surface area (Å²) in [5.74, 6) is 0.378. The second kappa shape index (κ2) is 7.83. The lowest BCUT2D eigenvalue weighted by molar-refractivity contribution is 1.04. The van der Waals surface area contributed by atoms with Crippen molar-refractivity contribution >= 4 is 52.4 Å². The summed E-state index contributed by atoms with van der Waals surface area (Å²) in [5.41, 5.74) is 7.36. The maximum Gasteiger partial charge on any atom is 0.232 e. The van der Waals surface area contributed by atoms with Gasteiger partial charge in [0, 0.05) is 15.7 Å². The number of nitriles is 1. The summed E-state index contributed by atoms with van der Waals surface area (Å²) in [4.78, 5) is 12.4. The molecule has 3 aromatic rings. The fraction of sp³-hybridized carbons (Fsp3) is 0. The van der Waals surface area contributed by atoms with Crippen LogP contribution in [0.25, 0.3) is 11.6 Å². The van der Waals surface area contributed by atoms with Gasteiger partial charge in [0.05, 0.1) is 5.57 Å². The lowest BCUT2D eigenvalue weighted by atomic mass is 10.1. The largest absolute Gasteiger partial charge is 0.368 e. The first-order chi connectivity index (χ1) is 12.5. The molecule has 26 heavy (non-hydrogen) atoms. The molecule has 0 aliphatic carbocycles. The van der Waals surface area contributed by atoms with Gasteiger partial charge in [-0.15, -0.1) is 0 Å². The topological polar surface area (TPSA) is 101 Å². The second-order valence-electron chi connectivity index (χ2n) is 5.17. The molecule has 6 nitrogen and oxygen atoms in total. The lowest BCUT2D eigenvalue weighted by Crippen LogP contribution is -2.06. The summed E-state index contributed by atoms with van der Waals surface area (Å²) in [5, 5.41) is 13.4. The number of nitrogen functional groups attached to an aromatic ring is 1. The summed E-state index contributed by atoms with van der Waals surface area (Å²) >= 11 is 12.1. The van der Waals surface area contributed by atoms with E-state index < -0.39 is 0 Å². The van der Waals surface area contributed by atoms with E-state index >= 15 is 0 Å². The predicted molar refractivity (Wildman–Crippen MR) is 104 cm³/mol. The van der Waals surface area contributed by atoms with E-state index in [0.717, 1.165) is 5.69 Å². The van der Waals surface area contributed by atoms with Gasteiger partial charge in [-0.2, -0.15) is 20.2 Å². The van der Waals surface area contributed by atoms with Gasteiger partial charge >= 0.3 is 0 Å². The second-order valence-corrected chi connectivity index (χ2v) is 6.01. The maximum atomic E-state index is 9.51. The van der Waals surface area contributed by atoms with Crippen LogP contribution in [-0.4, -0.2) is 15.0 Å². The van der Waals surface area contributed by atoms with E-state index in [9.17, 15) is 5.26 Å². The maximum absolute atomic E-state index is 9.51. The van der Waals surface area contributed by atoms with Crippen LogP contribution in [0.5, 0.6) is 0 Å². The fourth-order valence-electron chi connectivity index (χ4n) is 2.14. The SMILES string of the molecule is N#CC(=Cc1ccc(Cl)cc1Cl)c1nc(N)nc(Nc2ccccc2)n1. The Hall–Kier alpha value is -3.14. The van der Waals surface area contributed by atoms with Gasteiger partial charge in [-0.3, -0.25) is 0 Å². The highest BCUT2D eigenvalue weighted by Gasteiger charge is 2.11. The highest BCUT2D eigenvalue weighted by Crippen LogP contribution is 2.25. The van der Waals surface area contributed by atoms with E-state index in [4.69, 9.17) is 28.9 Å². The number of nitrogens with one attached hydrogen (secondary N) is 1. The standard InChI is InChI=1S/C18H12Cl2N6/c19-13-7-6-11(15(20)9-13)8-12(10-21)16-24-17(22)26-18(25-16)23-14-4-2-1-3-5-14/h1-9H,(H3,22,23,24,25,26). The van der Waals surface area contributed by atoms with E-state index in [1.807, 2.05) is 30.3 Å². The summed E-state index contributed by atoms with van der Waals surface area (Å²) in [6, 6.07) is 16.4. The van der Waals surface area contributed by atoms with E-state index in [2.05, 4.69) is 26.3 Å². The van der Waals surface area contributed by atoms with Gasteiger partial charge in [0.25, 0.3) is 0 Å². The van der Waals surface area contributed by atoms with Crippen molar-refractivity contribution in [1.82, 2.24) is 15.0 Å². The van der Waals surface area contributed by atoms with Crippen molar-refractivity contribution in [2.45, 2.75) is 0 Å². The Kier molecular flexibility index (Phi) is 5.32. The van der Waals surface area contributed by atoms with E-state index in [-0.39, 0.29) is 23.3 Å². The van der Waals surface area contributed by atoms with Crippen molar-refractivity contribution in [3.05, 3.63) is 70.0 Å². The zero-order valence-electron chi connectivity index (χ0n) is 13.3.